The number of rotatable bonds is 8. The summed E-state index contributed by atoms with van der Waals surface area (Å²) >= 11 is 0. The fraction of sp³-hybridized carbons (Fsp3) is 0.387. The second-order valence-electron chi connectivity index (χ2n) is 9.77. The summed E-state index contributed by atoms with van der Waals surface area (Å²) in [6.07, 6.45) is -0.750. The number of benzene rings is 3. The van der Waals surface area contributed by atoms with Crippen LogP contribution in [0.1, 0.15) is 41.4 Å². The third kappa shape index (κ3) is 4.75. The number of esters is 1. The zero-order valence-electron chi connectivity index (χ0n) is 24.1. The van der Waals surface area contributed by atoms with Gasteiger partial charge in [0, 0.05) is 16.7 Å². The molecule has 3 aromatic carbocycles. The Balaban J connectivity index is 2.15. The molecular weight excluding hydrogens is 516 g/mol. The van der Waals surface area contributed by atoms with Crippen LogP contribution >= 0.6 is 0 Å². The van der Waals surface area contributed by atoms with Crippen molar-refractivity contribution < 1.29 is 43.1 Å². The number of ether oxygens (including phenoxy) is 7. The van der Waals surface area contributed by atoms with Gasteiger partial charge in [-0.25, -0.2) is 4.79 Å². The Morgan fingerprint density at radius 3 is 1.82 bits per heavy atom. The lowest BCUT2D eigenvalue weighted by Crippen LogP contribution is -2.43. The number of fused-ring (bicyclic) bond motifs is 3. The molecule has 0 saturated carbocycles. The van der Waals surface area contributed by atoms with E-state index in [9.17, 15) is 9.90 Å². The zero-order valence-corrected chi connectivity index (χ0v) is 24.1. The molecule has 3 atom stereocenters. The number of methoxy groups -OCH3 is 6. The second-order valence-corrected chi connectivity index (χ2v) is 9.77. The molecule has 40 heavy (non-hydrogen) atoms. The van der Waals surface area contributed by atoms with E-state index in [1.165, 1.54) is 35.5 Å². The Morgan fingerprint density at radius 1 is 0.775 bits per heavy atom. The molecule has 1 aliphatic carbocycles. The van der Waals surface area contributed by atoms with Crippen LogP contribution in [0.2, 0.25) is 0 Å². The van der Waals surface area contributed by atoms with Crippen LogP contribution in [0.15, 0.2) is 42.5 Å². The lowest BCUT2D eigenvalue weighted by atomic mass is 9.73. The molecule has 0 fully saturated rings. The highest BCUT2D eigenvalue weighted by Crippen LogP contribution is 2.58. The summed E-state index contributed by atoms with van der Waals surface area (Å²) in [6.45, 7) is 3.57. The first-order chi connectivity index (χ1) is 19.2. The molecule has 4 rings (SSSR count). The van der Waals surface area contributed by atoms with Gasteiger partial charge in [0.05, 0.1) is 48.2 Å². The Labute approximate surface area is 234 Å². The molecule has 0 aromatic heterocycles. The zero-order chi connectivity index (χ0) is 29.2. The smallest absolute Gasteiger partial charge is 0.338 e. The molecule has 1 aliphatic rings. The van der Waals surface area contributed by atoms with Crippen LogP contribution in [0, 0.1) is 5.92 Å². The van der Waals surface area contributed by atoms with E-state index in [4.69, 9.17) is 33.2 Å². The lowest BCUT2D eigenvalue weighted by Gasteiger charge is -2.41. The quantitative estimate of drug-likeness (QED) is 0.376. The van der Waals surface area contributed by atoms with Gasteiger partial charge in [-0.15, -0.1) is 0 Å². The molecular formula is C31H36O9. The number of carbonyl (C=O) groups excluding carboxylic acids is 1. The fourth-order valence-electron chi connectivity index (χ4n) is 5.32. The first-order valence-electron chi connectivity index (χ1n) is 12.8. The Hall–Kier alpha value is -4.11. The molecule has 0 bridgehead atoms. The maximum absolute atomic E-state index is 13.4. The summed E-state index contributed by atoms with van der Waals surface area (Å²) in [5.41, 5.74) is 1.22. The molecule has 0 spiro atoms. The van der Waals surface area contributed by atoms with Crippen LogP contribution < -0.4 is 28.4 Å². The van der Waals surface area contributed by atoms with Crippen molar-refractivity contribution in [1.29, 1.82) is 0 Å². The average molecular weight is 553 g/mol. The molecule has 9 nitrogen and oxygen atoms in total. The van der Waals surface area contributed by atoms with E-state index in [1.807, 2.05) is 19.1 Å². The molecule has 0 radical (unpaired) electrons. The van der Waals surface area contributed by atoms with E-state index in [0.29, 0.717) is 63.2 Å². The van der Waals surface area contributed by atoms with Crippen LogP contribution in [-0.4, -0.2) is 59.3 Å². The highest BCUT2D eigenvalue weighted by atomic mass is 16.6. The lowest BCUT2D eigenvalue weighted by molar-refractivity contribution is -0.107. The predicted octanol–water partition coefficient (Wildman–Crippen LogP) is 5.25. The van der Waals surface area contributed by atoms with Gasteiger partial charge in [0.2, 0.25) is 11.5 Å². The van der Waals surface area contributed by atoms with Crippen LogP contribution in [0.3, 0.4) is 0 Å². The van der Waals surface area contributed by atoms with Crippen molar-refractivity contribution in [2.45, 2.75) is 32.0 Å². The van der Waals surface area contributed by atoms with Crippen molar-refractivity contribution >= 4 is 5.97 Å². The van der Waals surface area contributed by atoms with Gasteiger partial charge < -0.3 is 38.3 Å². The van der Waals surface area contributed by atoms with Crippen LogP contribution in [0.4, 0.5) is 0 Å². The van der Waals surface area contributed by atoms with E-state index in [-0.39, 0.29) is 0 Å². The number of hydrogen-bond acceptors (Lipinski definition) is 9. The molecule has 1 N–H and O–H groups in total. The molecule has 9 heteroatoms. The molecule has 0 heterocycles. The van der Waals surface area contributed by atoms with E-state index >= 15 is 0 Å². The van der Waals surface area contributed by atoms with Crippen LogP contribution in [0.5, 0.6) is 34.5 Å². The first kappa shape index (κ1) is 28.9. The molecule has 0 amide bonds. The number of carbonyl (C=O) groups is 1. The van der Waals surface area contributed by atoms with Gasteiger partial charge in [0.25, 0.3) is 0 Å². The highest BCUT2D eigenvalue weighted by Gasteiger charge is 2.47. The molecule has 0 saturated heterocycles. The van der Waals surface area contributed by atoms with Crippen molar-refractivity contribution in [3.05, 3.63) is 59.2 Å². The minimum Gasteiger partial charge on any atom is -0.493 e. The Kier molecular flexibility index (Phi) is 8.34. The molecule has 0 unspecified atom stereocenters. The monoisotopic (exact) mass is 552 g/mol. The maximum atomic E-state index is 13.4. The molecule has 3 aromatic rings. The minimum atomic E-state index is -1.53. The van der Waals surface area contributed by atoms with Crippen LogP contribution in [0.25, 0.3) is 11.1 Å². The second kappa shape index (κ2) is 11.6. The Bertz CT molecular complexity index is 1380. The minimum absolute atomic E-state index is 0.315. The third-order valence-electron chi connectivity index (χ3n) is 7.59. The first-order valence-corrected chi connectivity index (χ1v) is 12.8. The summed E-state index contributed by atoms with van der Waals surface area (Å²) < 4.78 is 40.8. The SMILES string of the molecule is COc1cc2c(c(OC)c1OC)-c1c(cc(OC)c(OC)c1OC)[C@H](OC(=O)c1ccccc1)[C@@](C)(O)[C@@H](C)C2. The topological polar surface area (TPSA) is 102 Å². The summed E-state index contributed by atoms with van der Waals surface area (Å²) in [5.74, 6) is 1.24. The molecule has 214 valence electrons. The van der Waals surface area contributed by atoms with Crippen molar-refractivity contribution in [3.8, 4) is 45.6 Å². The van der Waals surface area contributed by atoms with E-state index < -0.39 is 23.6 Å². The van der Waals surface area contributed by atoms with Crippen molar-refractivity contribution in [2.75, 3.05) is 42.7 Å². The van der Waals surface area contributed by atoms with Gasteiger partial charge in [-0.05, 0) is 49.1 Å². The van der Waals surface area contributed by atoms with E-state index in [0.717, 1.165) is 5.56 Å². The summed E-state index contributed by atoms with van der Waals surface area (Å²) in [5, 5.41) is 12.1. The number of aliphatic hydroxyl groups is 1. The van der Waals surface area contributed by atoms with E-state index in [2.05, 4.69) is 0 Å². The average Bonchev–Trinajstić information content (AvgIpc) is 2.97. The van der Waals surface area contributed by atoms with E-state index in [1.54, 1.807) is 44.4 Å². The summed E-state index contributed by atoms with van der Waals surface area (Å²) in [4.78, 5) is 13.4. The normalized spacial score (nSPS) is 19.7. The maximum Gasteiger partial charge on any atom is 0.338 e. The van der Waals surface area contributed by atoms with Gasteiger partial charge in [-0.3, -0.25) is 0 Å². The van der Waals surface area contributed by atoms with Crippen molar-refractivity contribution in [1.82, 2.24) is 0 Å². The highest BCUT2D eigenvalue weighted by molar-refractivity contribution is 5.91. The van der Waals surface area contributed by atoms with Crippen LogP contribution in [-0.2, 0) is 11.2 Å². The Morgan fingerprint density at radius 2 is 1.30 bits per heavy atom. The largest absolute Gasteiger partial charge is 0.493 e. The van der Waals surface area contributed by atoms with Crippen molar-refractivity contribution in [3.63, 3.8) is 0 Å². The van der Waals surface area contributed by atoms with Gasteiger partial charge in [0.15, 0.2) is 29.1 Å². The number of hydrogen-bond donors (Lipinski definition) is 1. The standard InChI is InChI=1S/C31H36O9/c1-17-14-19-15-21(34-3)25(36-5)27(38-7)23(19)24-20(16-22(35-4)26(37-6)28(24)39-8)29(31(17,2)33)40-30(32)18-12-10-9-11-13-18/h9-13,15-17,29,33H,14H2,1-8H3/t17-,29-,31-/m0/s1. The summed E-state index contributed by atoms with van der Waals surface area (Å²) in [6, 6.07) is 12.2. The van der Waals surface area contributed by atoms with Gasteiger partial charge in [-0.2, -0.15) is 0 Å². The predicted molar refractivity (Wildman–Crippen MR) is 149 cm³/mol. The van der Waals surface area contributed by atoms with Gasteiger partial charge in [-0.1, -0.05) is 25.1 Å². The molecule has 0 aliphatic heterocycles. The third-order valence-corrected chi connectivity index (χ3v) is 7.59. The van der Waals surface area contributed by atoms with Gasteiger partial charge in [0.1, 0.15) is 5.60 Å². The van der Waals surface area contributed by atoms with Crippen molar-refractivity contribution in [2.24, 2.45) is 5.92 Å². The van der Waals surface area contributed by atoms with Gasteiger partial charge >= 0.3 is 5.97 Å². The fourth-order valence-corrected chi connectivity index (χ4v) is 5.32. The summed E-state index contributed by atoms with van der Waals surface area (Å²) in [7, 11) is 9.13.